The fourth-order valence-electron chi connectivity index (χ4n) is 10.3. The largest absolute Gasteiger partial charge is 0.375 e. The van der Waals surface area contributed by atoms with Crippen LogP contribution in [0.1, 0.15) is 45.4 Å². The molecule has 9 bridgehead atoms. The molecule has 10 atom stereocenters. The number of carbonyl (C=O) groups excluding carboxylic acids is 1. The van der Waals surface area contributed by atoms with Gasteiger partial charge in [0.25, 0.3) is 0 Å². The molecule has 0 radical (unpaired) electrons. The minimum Gasteiger partial charge on any atom is -0.375 e. The second kappa shape index (κ2) is 2.99. The van der Waals surface area contributed by atoms with E-state index in [0.717, 1.165) is 25.8 Å². The molecule has 1 unspecified atom stereocenters. The number of rotatable bonds is 0. The van der Waals surface area contributed by atoms with Crippen molar-refractivity contribution in [2.45, 2.75) is 57.2 Å². The van der Waals surface area contributed by atoms with Crippen LogP contribution in [0.15, 0.2) is 12.2 Å². The second-order valence-electron chi connectivity index (χ2n) is 10.5. The lowest BCUT2D eigenvalue weighted by Crippen LogP contribution is -2.66. The van der Waals surface area contributed by atoms with Crippen LogP contribution in [0, 0.1) is 39.9 Å². The van der Waals surface area contributed by atoms with Crippen molar-refractivity contribution in [2.75, 3.05) is 6.54 Å². The lowest BCUT2D eigenvalue weighted by molar-refractivity contribution is -0.217. The molecule has 2 spiro atoms. The Labute approximate surface area is 137 Å². The molecule has 122 valence electrons. The molecule has 9 aliphatic rings. The highest BCUT2D eigenvalue weighted by molar-refractivity contribution is 5.92. The molecule has 3 heterocycles. The Kier molecular flexibility index (Phi) is 1.64. The molecule has 0 amide bonds. The maximum atomic E-state index is 13.4. The van der Waals surface area contributed by atoms with Crippen LogP contribution in [0.5, 0.6) is 0 Å². The summed E-state index contributed by atoms with van der Waals surface area (Å²) < 4.78 is 0. The van der Waals surface area contributed by atoms with Crippen LogP contribution in [0.4, 0.5) is 0 Å². The lowest BCUT2D eigenvalue weighted by atomic mass is 9.40. The highest BCUT2D eigenvalue weighted by Crippen LogP contribution is 2.88. The molecule has 0 aromatic carbocycles. The molecular weight excluding hydrogens is 286 g/mol. The summed E-state index contributed by atoms with van der Waals surface area (Å²) in [7, 11) is 0. The molecule has 23 heavy (non-hydrogen) atoms. The van der Waals surface area contributed by atoms with Crippen molar-refractivity contribution in [3.63, 3.8) is 0 Å². The third-order valence-electron chi connectivity index (χ3n) is 9.96. The van der Waals surface area contributed by atoms with Crippen molar-refractivity contribution in [3.05, 3.63) is 12.2 Å². The standard InChI is InChI=1S/C20H25NO2/c1-10-7-18-8-20(23)16-17(2)4-3-5-19(16)14(18)13(22)11(10)6-12(18)15(19)21(20)9-17/h11-12,14-16,23H,1,3-9H2,2H3/t11-,12-,14-,15-,16-,17-,18+,19+,20-/m1/s1. The van der Waals surface area contributed by atoms with Crippen LogP contribution in [-0.4, -0.2) is 34.1 Å². The van der Waals surface area contributed by atoms with E-state index in [4.69, 9.17) is 0 Å². The summed E-state index contributed by atoms with van der Waals surface area (Å²) in [5.41, 5.74) is 0.981. The van der Waals surface area contributed by atoms with Gasteiger partial charge in [0.05, 0.1) is 0 Å². The van der Waals surface area contributed by atoms with Gasteiger partial charge in [-0.05, 0) is 48.9 Å². The van der Waals surface area contributed by atoms with E-state index in [1.807, 2.05) is 0 Å². The number of hydrogen-bond donors (Lipinski definition) is 1. The van der Waals surface area contributed by atoms with E-state index < -0.39 is 5.72 Å². The highest BCUT2D eigenvalue weighted by atomic mass is 16.3. The van der Waals surface area contributed by atoms with E-state index in [9.17, 15) is 9.90 Å². The normalized spacial score (nSPS) is 72.4. The van der Waals surface area contributed by atoms with Gasteiger partial charge in [-0.25, -0.2) is 0 Å². The molecule has 1 N–H and O–H groups in total. The Morgan fingerprint density at radius 1 is 1.35 bits per heavy atom. The zero-order chi connectivity index (χ0) is 15.6. The van der Waals surface area contributed by atoms with Gasteiger partial charge in [0.2, 0.25) is 0 Å². The number of allylic oxidation sites excluding steroid dienone is 1. The van der Waals surface area contributed by atoms with Gasteiger partial charge < -0.3 is 5.11 Å². The van der Waals surface area contributed by atoms with Crippen molar-refractivity contribution < 1.29 is 9.90 Å². The van der Waals surface area contributed by atoms with Crippen molar-refractivity contribution >= 4 is 5.78 Å². The number of ketones is 1. The van der Waals surface area contributed by atoms with E-state index in [1.54, 1.807) is 0 Å². The Bertz CT molecular complexity index is 731. The van der Waals surface area contributed by atoms with Gasteiger partial charge in [-0.15, -0.1) is 0 Å². The maximum absolute atomic E-state index is 13.4. The van der Waals surface area contributed by atoms with Gasteiger partial charge in [-0.3, -0.25) is 9.69 Å². The summed E-state index contributed by atoms with van der Waals surface area (Å²) in [5, 5.41) is 11.8. The smallest absolute Gasteiger partial charge is 0.144 e. The fraction of sp³-hybridized carbons (Fsp3) is 0.850. The van der Waals surface area contributed by atoms with Crippen LogP contribution in [0.2, 0.25) is 0 Å². The third kappa shape index (κ3) is 0.877. The first kappa shape index (κ1) is 12.7. The number of Topliss-reactive ketones (excluding diaryl/α,β-unsaturated/α-hetero) is 1. The predicted octanol–water partition coefficient (Wildman–Crippen LogP) is 2.35. The SMILES string of the molecule is C=C1C[C@@]23C[C@@]4(O)[C@@H]5[C@]6(C)CCC[C@@]57[C@@H]2C(=O)[C@@H]1C[C@@H]3[C@H]7N4C6. The second-order valence-corrected chi connectivity index (χ2v) is 10.5. The van der Waals surface area contributed by atoms with E-state index >= 15 is 0 Å². The summed E-state index contributed by atoms with van der Waals surface area (Å²) in [6, 6.07) is 0.492. The Morgan fingerprint density at radius 3 is 3.00 bits per heavy atom. The molecule has 0 aromatic heterocycles. The van der Waals surface area contributed by atoms with E-state index in [2.05, 4.69) is 18.4 Å². The van der Waals surface area contributed by atoms with Crippen LogP contribution >= 0.6 is 0 Å². The summed E-state index contributed by atoms with van der Waals surface area (Å²) in [6.07, 6.45) is 6.59. The molecule has 3 heteroatoms. The average molecular weight is 311 g/mol. The predicted molar refractivity (Wildman–Crippen MR) is 84.2 cm³/mol. The summed E-state index contributed by atoms with van der Waals surface area (Å²) in [4.78, 5) is 16.0. The maximum Gasteiger partial charge on any atom is 0.144 e. The van der Waals surface area contributed by atoms with Crippen LogP contribution in [0.25, 0.3) is 0 Å². The Balaban J connectivity index is 1.58. The van der Waals surface area contributed by atoms with Crippen LogP contribution < -0.4 is 0 Å². The summed E-state index contributed by atoms with van der Waals surface area (Å²) >= 11 is 0. The van der Waals surface area contributed by atoms with Gasteiger partial charge in [0, 0.05) is 35.8 Å². The zero-order valence-electron chi connectivity index (χ0n) is 13.8. The molecule has 3 saturated heterocycles. The first-order valence-corrected chi connectivity index (χ1v) is 9.59. The Hall–Kier alpha value is -0.670. The van der Waals surface area contributed by atoms with E-state index in [0.29, 0.717) is 23.7 Å². The number of hydrogen-bond acceptors (Lipinski definition) is 3. The van der Waals surface area contributed by atoms with Gasteiger partial charge in [0.15, 0.2) is 0 Å². The van der Waals surface area contributed by atoms with Gasteiger partial charge in [-0.1, -0.05) is 25.5 Å². The molecule has 9 fully saturated rings. The van der Waals surface area contributed by atoms with Crippen molar-refractivity contribution in [1.82, 2.24) is 4.90 Å². The van der Waals surface area contributed by atoms with Crippen LogP contribution in [0.3, 0.4) is 0 Å². The summed E-state index contributed by atoms with van der Waals surface area (Å²) in [6.45, 7) is 7.75. The van der Waals surface area contributed by atoms with E-state index in [1.165, 1.54) is 24.8 Å². The number of piperidine rings is 2. The topological polar surface area (TPSA) is 40.5 Å². The zero-order valence-corrected chi connectivity index (χ0v) is 13.8. The highest BCUT2D eigenvalue weighted by Gasteiger charge is 2.92. The number of carbonyl (C=O) groups is 1. The summed E-state index contributed by atoms with van der Waals surface area (Å²) in [5.74, 6) is 1.91. The fourth-order valence-corrected chi connectivity index (χ4v) is 10.3. The molecule has 6 saturated carbocycles. The third-order valence-corrected chi connectivity index (χ3v) is 9.96. The van der Waals surface area contributed by atoms with Crippen molar-refractivity contribution in [2.24, 2.45) is 39.9 Å². The lowest BCUT2D eigenvalue weighted by Gasteiger charge is -2.63. The number of aliphatic hydroxyl groups is 1. The van der Waals surface area contributed by atoms with E-state index in [-0.39, 0.29) is 28.1 Å². The molecule has 3 nitrogen and oxygen atoms in total. The first-order valence-electron chi connectivity index (χ1n) is 9.59. The molecule has 0 aromatic rings. The monoisotopic (exact) mass is 311 g/mol. The van der Waals surface area contributed by atoms with Gasteiger partial charge in [-0.2, -0.15) is 0 Å². The molecule has 3 aliphatic heterocycles. The average Bonchev–Trinajstić information content (AvgIpc) is 2.81. The van der Waals surface area contributed by atoms with Crippen molar-refractivity contribution in [3.8, 4) is 0 Å². The number of fused-ring (bicyclic) bond motifs is 1. The first-order chi connectivity index (χ1) is 10.9. The quantitative estimate of drug-likeness (QED) is 0.698. The minimum atomic E-state index is -0.614. The number of nitrogens with zero attached hydrogens (tertiary/aromatic N) is 1. The Morgan fingerprint density at radius 2 is 2.17 bits per heavy atom. The molecular formula is C20H25NO2. The molecule has 6 aliphatic carbocycles. The molecule has 9 rings (SSSR count). The minimum absolute atomic E-state index is 0.0674. The van der Waals surface area contributed by atoms with Crippen LogP contribution in [-0.2, 0) is 4.79 Å². The van der Waals surface area contributed by atoms with Gasteiger partial charge in [0.1, 0.15) is 11.5 Å². The van der Waals surface area contributed by atoms with Crippen molar-refractivity contribution in [1.29, 1.82) is 0 Å². The van der Waals surface area contributed by atoms with Gasteiger partial charge >= 0.3 is 0 Å².